The van der Waals surface area contributed by atoms with Gasteiger partial charge in [0.05, 0.1) is 6.04 Å². The van der Waals surface area contributed by atoms with E-state index in [0.29, 0.717) is 8.59 Å². The number of hydrogen-bond donors (Lipinski definition) is 0. The lowest BCUT2D eigenvalue weighted by molar-refractivity contribution is -0.168. The van der Waals surface area contributed by atoms with E-state index in [0.717, 1.165) is 21.8 Å². The van der Waals surface area contributed by atoms with Crippen LogP contribution in [0, 0.1) is 10.5 Å². The fourth-order valence-electron chi connectivity index (χ4n) is 3.06. The first-order valence-electron chi connectivity index (χ1n) is 7.46. The Morgan fingerprint density at radius 2 is 1.96 bits per heavy atom. The summed E-state index contributed by atoms with van der Waals surface area (Å²) in [6.07, 6.45) is -3.56. The van der Waals surface area contributed by atoms with Gasteiger partial charge in [0, 0.05) is 19.3 Å². The van der Waals surface area contributed by atoms with Crippen molar-refractivity contribution in [3.05, 3.63) is 66.2 Å². The second-order valence-corrected chi connectivity index (χ2v) is 8.67. The summed E-state index contributed by atoms with van der Waals surface area (Å²) in [6, 6.07) is 9.55. The molecule has 0 aromatic heterocycles. The molecule has 0 spiro atoms. The molecule has 0 aliphatic carbocycles. The first-order valence-corrected chi connectivity index (χ1v) is 9.71. The number of benzene rings is 2. The molecule has 2 aromatic rings. The summed E-state index contributed by atoms with van der Waals surface area (Å²) in [4.78, 5) is 4.23. The highest BCUT2D eigenvalue weighted by Gasteiger charge is 2.58. The Bertz CT molecular complexity index is 832. The molecule has 0 N–H and O–H groups in total. The topological polar surface area (TPSA) is 12.4 Å². The second-order valence-electron chi connectivity index (χ2n) is 6.13. The van der Waals surface area contributed by atoms with E-state index >= 15 is 0 Å². The SMILES string of the molecule is Cc1cc(C2CC(c3cc(Cl)cc(I)c3)(C(F)(F)F)C=N2)ccc1Br. The van der Waals surface area contributed by atoms with Crippen LogP contribution in [0.3, 0.4) is 0 Å². The van der Waals surface area contributed by atoms with Crippen LogP contribution in [-0.2, 0) is 5.41 Å². The molecule has 0 fully saturated rings. The monoisotopic (exact) mass is 541 g/mol. The van der Waals surface area contributed by atoms with E-state index < -0.39 is 17.6 Å². The summed E-state index contributed by atoms with van der Waals surface area (Å²) < 4.78 is 43.7. The van der Waals surface area contributed by atoms with E-state index in [1.807, 2.05) is 47.7 Å². The number of aryl methyl sites for hydroxylation is 1. The van der Waals surface area contributed by atoms with Crippen LogP contribution in [0.15, 0.2) is 45.9 Å². The number of nitrogens with zero attached hydrogens (tertiary/aromatic N) is 1. The van der Waals surface area contributed by atoms with E-state index in [9.17, 15) is 13.2 Å². The van der Waals surface area contributed by atoms with Gasteiger partial charge in [0.2, 0.25) is 0 Å². The Balaban J connectivity index is 2.05. The lowest BCUT2D eigenvalue weighted by Gasteiger charge is -2.31. The lowest BCUT2D eigenvalue weighted by atomic mass is 9.77. The minimum absolute atomic E-state index is 0.136. The van der Waals surface area contributed by atoms with E-state index in [1.54, 1.807) is 6.07 Å². The predicted molar refractivity (Wildman–Crippen MR) is 107 cm³/mol. The highest BCUT2D eigenvalue weighted by Crippen LogP contribution is 2.50. The molecule has 1 heterocycles. The fraction of sp³-hybridized carbons (Fsp3) is 0.278. The van der Waals surface area contributed by atoms with Crippen LogP contribution in [0.1, 0.15) is 29.2 Å². The van der Waals surface area contributed by atoms with Crippen molar-refractivity contribution in [2.75, 3.05) is 0 Å². The molecule has 7 heteroatoms. The molecule has 0 radical (unpaired) electrons. The van der Waals surface area contributed by atoms with Crippen molar-refractivity contribution in [3.8, 4) is 0 Å². The van der Waals surface area contributed by atoms with Gasteiger partial charge in [-0.2, -0.15) is 13.2 Å². The minimum atomic E-state index is -4.45. The van der Waals surface area contributed by atoms with Gasteiger partial charge in [-0.1, -0.05) is 39.7 Å². The van der Waals surface area contributed by atoms with Gasteiger partial charge < -0.3 is 0 Å². The zero-order valence-corrected chi connectivity index (χ0v) is 17.5. The van der Waals surface area contributed by atoms with Gasteiger partial charge in [0.15, 0.2) is 0 Å². The van der Waals surface area contributed by atoms with Crippen LogP contribution in [0.4, 0.5) is 13.2 Å². The molecule has 2 atom stereocenters. The van der Waals surface area contributed by atoms with Crippen molar-refractivity contribution < 1.29 is 13.2 Å². The summed E-state index contributed by atoms with van der Waals surface area (Å²) in [6.45, 7) is 1.91. The predicted octanol–water partition coefficient (Wildman–Crippen LogP) is 7.03. The van der Waals surface area contributed by atoms with Gasteiger partial charge in [-0.05, 0) is 76.9 Å². The van der Waals surface area contributed by atoms with Crippen LogP contribution in [-0.4, -0.2) is 12.4 Å². The van der Waals surface area contributed by atoms with Crippen molar-refractivity contribution in [1.29, 1.82) is 0 Å². The maximum atomic E-state index is 14.1. The van der Waals surface area contributed by atoms with Crippen LogP contribution in [0.5, 0.6) is 0 Å². The Labute approximate surface area is 170 Å². The molecule has 2 unspecified atom stereocenters. The van der Waals surface area contributed by atoms with Crippen LogP contribution < -0.4 is 0 Å². The van der Waals surface area contributed by atoms with Crippen LogP contribution in [0.25, 0.3) is 0 Å². The molecule has 1 aliphatic heterocycles. The van der Waals surface area contributed by atoms with E-state index in [1.165, 1.54) is 12.1 Å². The van der Waals surface area contributed by atoms with E-state index in [-0.39, 0.29) is 12.0 Å². The summed E-state index contributed by atoms with van der Waals surface area (Å²) >= 11 is 11.4. The summed E-state index contributed by atoms with van der Waals surface area (Å²) in [7, 11) is 0. The number of halogens is 6. The molecule has 1 nitrogen and oxygen atoms in total. The quantitative estimate of drug-likeness (QED) is 0.362. The smallest absolute Gasteiger partial charge is 0.288 e. The summed E-state index contributed by atoms with van der Waals surface area (Å²) in [5.74, 6) is 0. The number of hydrogen-bond acceptors (Lipinski definition) is 1. The number of rotatable bonds is 2. The van der Waals surface area contributed by atoms with E-state index in [4.69, 9.17) is 11.6 Å². The average Bonchev–Trinajstić information content (AvgIpc) is 2.95. The molecular weight excluding hydrogens is 529 g/mol. The molecule has 0 saturated carbocycles. The maximum absolute atomic E-state index is 14.1. The normalized spacial score (nSPS) is 23.2. The Kier molecular flexibility index (Phi) is 5.25. The molecule has 132 valence electrons. The van der Waals surface area contributed by atoms with Crippen LogP contribution >= 0.6 is 50.1 Å². The third-order valence-electron chi connectivity index (χ3n) is 4.44. The standard InChI is InChI=1S/C18H13BrClF3IN/c1-10-4-11(2-3-15(10)19)16-8-17(9-25-16,18(21,22)23)12-5-13(20)7-14(24)6-12/h2-7,9,16H,8H2,1H3. The molecule has 25 heavy (non-hydrogen) atoms. The first-order chi connectivity index (χ1) is 11.6. The van der Waals surface area contributed by atoms with Crippen LogP contribution in [0.2, 0.25) is 5.02 Å². The number of alkyl halides is 3. The van der Waals surface area contributed by atoms with Gasteiger partial charge in [0.1, 0.15) is 5.41 Å². The zero-order chi connectivity index (χ0) is 18.4. The molecule has 1 aliphatic rings. The maximum Gasteiger partial charge on any atom is 0.403 e. The summed E-state index contributed by atoms with van der Waals surface area (Å²) in [5, 5.41) is 0.293. The van der Waals surface area contributed by atoms with Gasteiger partial charge in [-0.3, -0.25) is 4.99 Å². The lowest BCUT2D eigenvalue weighted by Crippen LogP contribution is -2.42. The fourth-order valence-corrected chi connectivity index (χ4v) is 4.40. The Morgan fingerprint density at radius 3 is 2.56 bits per heavy atom. The highest BCUT2D eigenvalue weighted by atomic mass is 127. The zero-order valence-electron chi connectivity index (χ0n) is 13.0. The molecular formula is C18H13BrClF3IN. The molecule has 2 aromatic carbocycles. The molecule has 0 bridgehead atoms. The van der Waals surface area contributed by atoms with Crippen molar-refractivity contribution >= 4 is 56.3 Å². The van der Waals surface area contributed by atoms with Gasteiger partial charge in [-0.15, -0.1) is 0 Å². The van der Waals surface area contributed by atoms with E-state index in [2.05, 4.69) is 20.9 Å². The van der Waals surface area contributed by atoms with Crippen molar-refractivity contribution in [2.45, 2.75) is 31.0 Å². The van der Waals surface area contributed by atoms with Crippen molar-refractivity contribution in [1.82, 2.24) is 0 Å². The van der Waals surface area contributed by atoms with Gasteiger partial charge in [-0.25, -0.2) is 0 Å². The largest absolute Gasteiger partial charge is 0.403 e. The van der Waals surface area contributed by atoms with Gasteiger partial charge in [0.25, 0.3) is 0 Å². The molecule has 0 saturated heterocycles. The van der Waals surface area contributed by atoms with Gasteiger partial charge >= 0.3 is 6.18 Å². The summed E-state index contributed by atoms with van der Waals surface area (Å²) in [5.41, 5.74) is -0.241. The Morgan fingerprint density at radius 1 is 1.24 bits per heavy atom. The van der Waals surface area contributed by atoms with Crippen molar-refractivity contribution in [3.63, 3.8) is 0 Å². The second kappa shape index (κ2) is 6.85. The highest BCUT2D eigenvalue weighted by molar-refractivity contribution is 14.1. The third kappa shape index (κ3) is 3.62. The third-order valence-corrected chi connectivity index (χ3v) is 6.17. The Hall–Kier alpha value is -0.600. The average molecular weight is 543 g/mol. The molecule has 3 rings (SSSR count). The minimum Gasteiger partial charge on any atom is -0.288 e. The molecule has 0 amide bonds. The number of aliphatic imine (C=N–C) groups is 1. The van der Waals surface area contributed by atoms with Crippen molar-refractivity contribution in [2.24, 2.45) is 4.99 Å². The first kappa shape index (κ1) is 19.2.